The average molecular weight is 248 g/mol. The Hall–Kier alpha value is -1.89. The van der Waals surface area contributed by atoms with Crippen LogP contribution in [-0.4, -0.2) is 5.78 Å². The van der Waals surface area contributed by atoms with Crippen molar-refractivity contribution in [1.29, 1.82) is 0 Å². The van der Waals surface area contributed by atoms with Crippen LogP contribution >= 0.6 is 0 Å². The van der Waals surface area contributed by atoms with Gasteiger partial charge < -0.3 is 0 Å². The highest BCUT2D eigenvalue weighted by molar-refractivity contribution is 6.06. The smallest absolute Gasteiger partial charge is 0.171 e. The lowest BCUT2D eigenvalue weighted by atomic mass is 9.78. The number of hydrogen-bond donors (Lipinski definition) is 0. The molecule has 0 bridgehead atoms. The molecule has 94 valence electrons. The molecule has 2 atom stereocenters. The SMILES string of the molecule is O=C1c2cccc3c2C(CCC3)C1c1ccccc1. The van der Waals surface area contributed by atoms with E-state index in [2.05, 4.69) is 18.2 Å². The lowest BCUT2D eigenvalue weighted by molar-refractivity contribution is 0.0963. The highest BCUT2D eigenvalue weighted by Crippen LogP contribution is 2.50. The molecule has 4 rings (SSSR count). The van der Waals surface area contributed by atoms with Gasteiger partial charge in [-0.05, 0) is 41.9 Å². The first-order valence-electron chi connectivity index (χ1n) is 7.07. The summed E-state index contributed by atoms with van der Waals surface area (Å²) in [5, 5.41) is 0. The van der Waals surface area contributed by atoms with Crippen LogP contribution in [0.5, 0.6) is 0 Å². The summed E-state index contributed by atoms with van der Waals surface area (Å²) >= 11 is 0. The lowest BCUT2D eigenvalue weighted by Crippen LogP contribution is -2.14. The van der Waals surface area contributed by atoms with Gasteiger partial charge in [-0.2, -0.15) is 0 Å². The van der Waals surface area contributed by atoms with Gasteiger partial charge in [0.15, 0.2) is 5.78 Å². The van der Waals surface area contributed by atoms with Gasteiger partial charge in [-0.1, -0.05) is 48.5 Å². The molecule has 0 spiro atoms. The standard InChI is InChI=1S/C18H16O/c19-18-15-11-5-9-12-8-4-10-14(16(12)15)17(18)13-6-2-1-3-7-13/h1-3,5-7,9,11,14,17H,4,8,10H2. The van der Waals surface area contributed by atoms with Crippen molar-refractivity contribution in [3.8, 4) is 0 Å². The summed E-state index contributed by atoms with van der Waals surface area (Å²) in [7, 11) is 0. The van der Waals surface area contributed by atoms with Crippen molar-refractivity contribution < 1.29 is 4.79 Å². The van der Waals surface area contributed by atoms with Gasteiger partial charge in [0, 0.05) is 5.56 Å². The molecule has 1 heteroatoms. The fourth-order valence-electron chi connectivity index (χ4n) is 3.87. The van der Waals surface area contributed by atoms with Gasteiger partial charge in [-0.15, -0.1) is 0 Å². The molecule has 1 nitrogen and oxygen atoms in total. The molecular formula is C18H16O. The van der Waals surface area contributed by atoms with E-state index in [4.69, 9.17) is 0 Å². The monoisotopic (exact) mass is 248 g/mol. The van der Waals surface area contributed by atoms with Gasteiger partial charge >= 0.3 is 0 Å². The topological polar surface area (TPSA) is 17.1 Å². The van der Waals surface area contributed by atoms with Crippen molar-refractivity contribution >= 4 is 5.78 Å². The molecule has 2 unspecified atom stereocenters. The van der Waals surface area contributed by atoms with Gasteiger partial charge in [0.2, 0.25) is 0 Å². The van der Waals surface area contributed by atoms with Crippen LogP contribution in [0.4, 0.5) is 0 Å². The molecule has 2 aliphatic carbocycles. The Balaban J connectivity index is 1.90. The first-order chi connectivity index (χ1) is 9.36. The van der Waals surface area contributed by atoms with Crippen LogP contribution in [0.1, 0.15) is 51.7 Å². The Bertz CT molecular complexity index is 642. The van der Waals surface area contributed by atoms with Crippen molar-refractivity contribution in [2.45, 2.75) is 31.1 Å². The summed E-state index contributed by atoms with van der Waals surface area (Å²) in [5.74, 6) is 0.794. The minimum atomic E-state index is 0.0534. The molecule has 0 amide bonds. The summed E-state index contributed by atoms with van der Waals surface area (Å²) in [6.07, 6.45) is 3.49. The van der Waals surface area contributed by atoms with Crippen molar-refractivity contribution in [3.05, 3.63) is 70.8 Å². The molecule has 0 heterocycles. The zero-order valence-electron chi connectivity index (χ0n) is 10.8. The maximum Gasteiger partial charge on any atom is 0.171 e. The predicted molar refractivity (Wildman–Crippen MR) is 75.6 cm³/mol. The minimum absolute atomic E-state index is 0.0534. The molecule has 0 aromatic heterocycles. The number of ketones is 1. The molecule has 2 aromatic rings. The van der Waals surface area contributed by atoms with Crippen LogP contribution in [0.15, 0.2) is 48.5 Å². The van der Waals surface area contributed by atoms with Crippen molar-refractivity contribution in [1.82, 2.24) is 0 Å². The summed E-state index contributed by atoms with van der Waals surface area (Å²) in [4.78, 5) is 12.7. The second-order valence-corrected chi connectivity index (χ2v) is 5.63. The number of rotatable bonds is 1. The van der Waals surface area contributed by atoms with Crippen LogP contribution in [0, 0.1) is 0 Å². The average Bonchev–Trinajstić information content (AvgIpc) is 2.76. The maximum atomic E-state index is 12.7. The van der Waals surface area contributed by atoms with Gasteiger partial charge in [-0.25, -0.2) is 0 Å². The highest BCUT2D eigenvalue weighted by atomic mass is 16.1. The van der Waals surface area contributed by atoms with Crippen molar-refractivity contribution in [2.75, 3.05) is 0 Å². The Kier molecular flexibility index (Phi) is 2.34. The van der Waals surface area contributed by atoms with Crippen molar-refractivity contribution in [3.63, 3.8) is 0 Å². The maximum absolute atomic E-state index is 12.7. The van der Waals surface area contributed by atoms with Crippen LogP contribution < -0.4 is 0 Å². The van der Waals surface area contributed by atoms with Crippen LogP contribution in [0.3, 0.4) is 0 Å². The van der Waals surface area contributed by atoms with E-state index in [1.807, 2.05) is 30.3 Å². The lowest BCUT2D eigenvalue weighted by Gasteiger charge is -2.25. The number of carbonyl (C=O) groups excluding carboxylic acids is 1. The largest absolute Gasteiger partial charge is 0.293 e. The van der Waals surface area contributed by atoms with Crippen molar-refractivity contribution in [2.24, 2.45) is 0 Å². The van der Waals surface area contributed by atoms with Crippen LogP contribution in [-0.2, 0) is 6.42 Å². The van der Waals surface area contributed by atoms with E-state index in [0.29, 0.717) is 11.7 Å². The summed E-state index contributed by atoms with van der Waals surface area (Å²) < 4.78 is 0. The van der Waals surface area contributed by atoms with E-state index in [9.17, 15) is 4.79 Å². The molecule has 0 N–H and O–H groups in total. The van der Waals surface area contributed by atoms with E-state index >= 15 is 0 Å². The third-order valence-corrected chi connectivity index (χ3v) is 4.64. The van der Waals surface area contributed by atoms with E-state index in [1.165, 1.54) is 23.1 Å². The molecule has 0 fully saturated rings. The highest BCUT2D eigenvalue weighted by Gasteiger charge is 2.42. The Labute approximate surface area is 113 Å². The summed E-state index contributed by atoms with van der Waals surface area (Å²) in [5.41, 5.74) is 4.92. The van der Waals surface area contributed by atoms with Gasteiger partial charge in [-0.3, -0.25) is 4.79 Å². The van der Waals surface area contributed by atoms with E-state index in [1.54, 1.807) is 0 Å². The first-order valence-corrected chi connectivity index (χ1v) is 7.07. The second kappa shape index (κ2) is 4.06. The normalized spacial score (nSPS) is 24.3. The molecule has 0 saturated carbocycles. The van der Waals surface area contributed by atoms with Gasteiger partial charge in [0.05, 0.1) is 5.92 Å². The Morgan fingerprint density at radius 1 is 0.947 bits per heavy atom. The zero-order valence-corrected chi connectivity index (χ0v) is 10.8. The van der Waals surface area contributed by atoms with Crippen LogP contribution in [0.2, 0.25) is 0 Å². The van der Waals surface area contributed by atoms with E-state index in [-0.39, 0.29) is 5.92 Å². The fourth-order valence-corrected chi connectivity index (χ4v) is 3.87. The van der Waals surface area contributed by atoms with Gasteiger partial charge in [0.25, 0.3) is 0 Å². The summed E-state index contributed by atoms with van der Waals surface area (Å²) in [6.45, 7) is 0. The molecule has 0 saturated heterocycles. The number of hydrogen-bond acceptors (Lipinski definition) is 1. The van der Waals surface area contributed by atoms with E-state index < -0.39 is 0 Å². The molecular weight excluding hydrogens is 232 g/mol. The number of carbonyl (C=O) groups is 1. The summed E-state index contributed by atoms with van der Waals surface area (Å²) in [6, 6.07) is 16.5. The quantitative estimate of drug-likeness (QED) is 0.743. The first kappa shape index (κ1) is 11.0. The predicted octanol–water partition coefficient (Wildman–Crippen LogP) is 4.09. The number of aryl methyl sites for hydroxylation is 1. The van der Waals surface area contributed by atoms with Gasteiger partial charge in [0.1, 0.15) is 0 Å². The third kappa shape index (κ3) is 1.51. The number of benzene rings is 2. The molecule has 2 aliphatic rings. The minimum Gasteiger partial charge on any atom is -0.293 e. The molecule has 19 heavy (non-hydrogen) atoms. The fraction of sp³-hybridized carbons (Fsp3) is 0.278. The Morgan fingerprint density at radius 2 is 1.79 bits per heavy atom. The van der Waals surface area contributed by atoms with Crippen LogP contribution in [0.25, 0.3) is 0 Å². The molecule has 0 radical (unpaired) electrons. The molecule has 2 aromatic carbocycles. The van der Waals surface area contributed by atoms with E-state index in [0.717, 1.165) is 18.4 Å². The second-order valence-electron chi connectivity index (χ2n) is 5.63. The zero-order chi connectivity index (χ0) is 12.8. The molecule has 0 aliphatic heterocycles. The Morgan fingerprint density at radius 3 is 2.63 bits per heavy atom. The third-order valence-electron chi connectivity index (χ3n) is 4.64. The number of Topliss-reactive ketones (excluding diaryl/α,β-unsaturated/α-hetero) is 1.